The molecule has 1 N–H and O–H groups in total. The Morgan fingerprint density at radius 3 is 2.26 bits per heavy atom. The molecular formula is C29H33Cl2N3O4S. The summed E-state index contributed by atoms with van der Waals surface area (Å²) in [5, 5.41) is 3.67. The highest BCUT2D eigenvalue weighted by molar-refractivity contribution is 7.92. The van der Waals surface area contributed by atoms with Gasteiger partial charge in [-0.05, 0) is 54.8 Å². The van der Waals surface area contributed by atoms with E-state index in [1.807, 2.05) is 13.8 Å². The summed E-state index contributed by atoms with van der Waals surface area (Å²) in [5.74, 6) is -0.849. The zero-order valence-corrected chi connectivity index (χ0v) is 24.3. The fraction of sp³-hybridized carbons (Fsp3) is 0.310. The summed E-state index contributed by atoms with van der Waals surface area (Å²) in [6.07, 6.45) is 2.04. The SMILES string of the molecule is CCCCNC(=O)[C@H](CC)N(Cc1ccccc1Cl)C(=O)CN(c1cccc(Cl)c1)S(=O)(=O)c1ccccc1. The van der Waals surface area contributed by atoms with Crippen molar-refractivity contribution in [2.24, 2.45) is 0 Å². The minimum Gasteiger partial charge on any atom is -0.354 e. The van der Waals surface area contributed by atoms with E-state index in [1.165, 1.54) is 23.1 Å². The van der Waals surface area contributed by atoms with Gasteiger partial charge < -0.3 is 10.2 Å². The third-order valence-corrected chi connectivity index (χ3v) is 8.61. The van der Waals surface area contributed by atoms with Gasteiger partial charge in [-0.3, -0.25) is 13.9 Å². The Hall–Kier alpha value is -3.07. The third kappa shape index (κ3) is 7.97. The maximum atomic E-state index is 14.0. The smallest absolute Gasteiger partial charge is 0.264 e. The lowest BCUT2D eigenvalue weighted by atomic mass is 10.1. The Balaban J connectivity index is 2.03. The van der Waals surface area contributed by atoms with Gasteiger partial charge in [-0.1, -0.05) is 85.9 Å². The van der Waals surface area contributed by atoms with Gasteiger partial charge in [-0.15, -0.1) is 0 Å². The van der Waals surface area contributed by atoms with Crippen LogP contribution in [-0.2, 0) is 26.2 Å². The number of benzene rings is 3. The van der Waals surface area contributed by atoms with Crippen LogP contribution in [0.3, 0.4) is 0 Å². The molecule has 3 aromatic carbocycles. The van der Waals surface area contributed by atoms with Crippen LogP contribution in [0.1, 0.15) is 38.7 Å². The Bertz CT molecular complexity index is 1370. The van der Waals surface area contributed by atoms with Crippen molar-refractivity contribution < 1.29 is 18.0 Å². The van der Waals surface area contributed by atoms with Crippen LogP contribution in [0.15, 0.2) is 83.8 Å². The third-order valence-electron chi connectivity index (χ3n) is 6.22. The van der Waals surface area contributed by atoms with Crippen LogP contribution in [0, 0.1) is 0 Å². The van der Waals surface area contributed by atoms with Crippen molar-refractivity contribution >= 4 is 50.7 Å². The van der Waals surface area contributed by atoms with Crippen molar-refractivity contribution in [2.45, 2.75) is 50.6 Å². The molecule has 3 rings (SSSR count). The summed E-state index contributed by atoms with van der Waals surface area (Å²) in [6, 6.07) is 20.4. The molecule has 0 aromatic heterocycles. The second-order valence-corrected chi connectivity index (χ2v) is 11.7. The molecule has 0 aliphatic heterocycles. The Kier molecular flexibility index (Phi) is 11.2. The number of nitrogens with one attached hydrogen (secondary N) is 1. The molecule has 208 valence electrons. The molecule has 39 heavy (non-hydrogen) atoms. The zero-order valence-electron chi connectivity index (χ0n) is 22.0. The van der Waals surface area contributed by atoms with Crippen LogP contribution in [-0.4, -0.2) is 44.3 Å². The van der Waals surface area contributed by atoms with Crippen LogP contribution < -0.4 is 9.62 Å². The molecule has 7 nitrogen and oxygen atoms in total. The first kappa shape index (κ1) is 30.5. The fourth-order valence-corrected chi connectivity index (χ4v) is 5.92. The molecular weight excluding hydrogens is 557 g/mol. The fourth-order valence-electron chi connectivity index (χ4n) is 4.12. The lowest BCUT2D eigenvalue weighted by Crippen LogP contribution is -2.52. The number of amides is 2. The average Bonchev–Trinajstić information content (AvgIpc) is 2.93. The van der Waals surface area contributed by atoms with Gasteiger partial charge in [0.25, 0.3) is 10.0 Å². The number of rotatable bonds is 13. The molecule has 0 spiro atoms. The average molecular weight is 591 g/mol. The molecule has 0 saturated carbocycles. The molecule has 10 heteroatoms. The summed E-state index contributed by atoms with van der Waals surface area (Å²) in [7, 11) is -4.15. The van der Waals surface area contributed by atoms with E-state index in [9.17, 15) is 18.0 Å². The van der Waals surface area contributed by atoms with Gasteiger partial charge in [-0.2, -0.15) is 0 Å². The number of nitrogens with zero attached hydrogens (tertiary/aromatic N) is 2. The van der Waals surface area contributed by atoms with Crippen LogP contribution in [0.25, 0.3) is 0 Å². The summed E-state index contributed by atoms with van der Waals surface area (Å²) in [4.78, 5) is 28.6. The summed E-state index contributed by atoms with van der Waals surface area (Å²) >= 11 is 12.6. The molecule has 0 bridgehead atoms. The van der Waals surface area contributed by atoms with Crippen molar-refractivity contribution in [1.82, 2.24) is 10.2 Å². The predicted molar refractivity (Wildman–Crippen MR) is 156 cm³/mol. The van der Waals surface area contributed by atoms with Gasteiger partial charge in [0.15, 0.2) is 0 Å². The number of unbranched alkanes of at least 4 members (excludes halogenated alkanes) is 1. The number of carbonyl (C=O) groups excluding carboxylic acids is 2. The first-order valence-electron chi connectivity index (χ1n) is 12.8. The molecule has 1 atom stereocenters. The van der Waals surface area contributed by atoms with Gasteiger partial charge in [-0.25, -0.2) is 8.42 Å². The molecule has 0 aliphatic carbocycles. The summed E-state index contributed by atoms with van der Waals surface area (Å²) < 4.78 is 28.6. The molecule has 0 aliphatic rings. The first-order valence-corrected chi connectivity index (χ1v) is 15.0. The van der Waals surface area contributed by atoms with E-state index in [0.717, 1.165) is 17.1 Å². The summed E-state index contributed by atoms with van der Waals surface area (Å²) in [5.41, 5.74) is 0.880. The van der Waals surface area contributed by atoms with E-state index >= 15 is 0 Å². The largest absolute Gasteiger partial charge is 0.354 e. The van der Waals surface area contributed by atoms with Crippen molar-refractivity contribution in [3.63, 3.8) is 0 Å². The molecule has 0 heterocycles. The van der Waals surface area contributed by atoms with Gasteiger partial charge in [0, 0.05) is 23.1 Å². The van der Waals surface area contributed by atoms with E-state index in [-0.39, 0.29) is 23.0 Å². The maximum absolute atomic E-state index is 14.0. The number of sulfonamides is 1. The number of carbonyl (C=O) groups is 2. The Morgan fingerprint density at radius 1 is 0.923 bits per heavy atom. The highest BCUT2D eigenvalue weighted by Crippen LogP contribution is 2.27. The molecule has 0 fully saturated rings. The van der Waals surface area contributed by atoms with E-state index in [0.29, 0.717) is 28.6 Å². The predicted octanol–water partition coefficient (Wildman–Crippen LogP) is 5.91. The number of hydrogen-bond acceptors (Lipinski definition) is 4. The van der Waals surface area contributed by atoms with Gasteiger partial charge in [0.2, 0.25) is 11.8 Å². The van der Waals surface area contributed by atoms with Crippen LogP contribution >= 0.6 is 23.2 Å². The number of hydrogen-bond donors (Lipinski definition) is 1. The van der Waals surface area contributed by atoms with Gasteiger partial charge in [0.05, 0.1) is 10.6 Å². The second-order valence-electron chi connectivity index (χ2n) is 8.99. The molecule has 0 unspecified atom stereocenters. The van der Waals surface area contributed by atoms with Crippen molar-refractivity contribution in [1.29, 1.82) is 0 Å². The topological polar surface area (TPSA) is 86.8 Å². The van der Waals surface area contributed by atoms with Gasteiger partial charge in [0.1, 0.15) is 12.6 Å². The van der Waals surface area contributed by atoms with E-state index in [4.69, 9.17) is 23.2 Å². The minimum atomic E-state index is -4.15. The minimum absolute atomic E-state index is 0.0276. The van der Waals surface area contributed by atoms with Crippen LogP contribution in [0.5, 0.6) is 0 Å². The number of anilines is 1. The highest BCUT2D eigenvalue weighted by atomic mass is 35.5. The normalized spacial score (nSPS) is 12.0. The highest BCUT2D eigenvalue weighted by Gasteiger charge is 2.33. The van der Waals surface area contributed by atoms with Crippen LogP contribution in [0.2, 0.25) is 10.0 Å². The van der Waals surface area contributed by atoms with Crippen molar-refractivity contribution in [3.8, 4) is 0 Å². The zero-order chi connectivity index (χ0) is 28.4. The lowest BCUT2D eigenvalue weighted by Gasteiger charge is -2.33. The maximum Gasteiger partial charge on any atom is 0.264 e. The molecule has 3 aromatic rings. The quantitative estimate of drug-likeness (QED) is 0.251. The summed E-state index contributed by atoms with van der Waals surface area (Å²) in [6.45, 7) is 3.81. The monoisotopic (exact) mass is 589 g/mol. The molecule has 0 saturated heterocycles. The number of halogens is 2. The molecule has 0 radical (unpaired) electrons. The van der Waals surface area contributed by atoms with Crippen molar-refractivity contribution in [3.05, 3.63) is 94.5 Å². The Labute approximate surface area is 240 Å². The Morgan fingerprint density at radius 2 is 1.62 bits per heavy atom. The van der Waals surface area contributed by atoms with Crippen LogP contribution in [0.4, 0.5) is 5.69 Å². The first-order chi connectivity index (χ1) is 18.7. The van der Waals surface area contributed by atoms with E-state index in [1.54, 1.807) is 60.7 Å². The van der Waals surface area contributed by atoms with Gasteiger partial charge >= 0.3 is 0 Å². The second kappa shape index (κ2) is 14.4. The van der Waals surface area contributed by atoms with E-state index in [2.05, 4.69) is 5.32 Å². The molecule has 2 amide bonds. The lowest BCUT2D eigenvalue weighted by molar-refractivity contribution is -0.140. The standard InChI is InChI=1S/C29H33Cl2N3O4S/c1-3-5-18-32-29(36)27(4-2)33(20-22-12-9-10-17-26(22)31)28(35)21-34(24-14-11-13-23(30)19-24)39(37,38)25-15-7-6-8-16-25/h6-17,19,27H,3-5,18,20-21H2,1-2H3,(H,32,36)/t27-/m0/s1. The van der Waals surface area contributed by atoms with Crippen molar-refractivity contribution in [2.75, 3.05) is 17.4 Å². The van der Waals surface area contributed by atoms with E-state index < -0.39 is 28.5 Å².